The maximum Gasteiger partial charge on any atom is 0.419 e. The van der Waals surface area contributed by atoms with Gasteiger partial charge < -0.3 is 13.9 Å². The molecule has 0 bridgehead atoms. The van der Waals surface area contributed by atoms with Crippen LogP contribution in [-0.4, -0.2) is 26.2 Å². The molecule has 1 aromatic heterocycles. The second-order valence-corrected chi connectivity index (χ2v) is 7.39. The number of oxazole rings is 1. The Bertz CT molecular complexity index is 1150. The van der Waals surface area contributed by atoms with Gasteiger partial charge in [-0.25, -0.2) is 13.2 Å². The van der Waals surface area contributed by atoms with E-state index in [1.165, 1.54) is 16.7 Å². The van der Waals surface area contributed by atoms with E-state index in [1.807, 2.05) is 6.92 Å². The zero-order chi connectivity index (χ0) is 18.3. The maximum atomic E-state index is 12.7. The van der Waals surface area contributed by atoms with Crippen LogP contribution in [0.25, 0.3) is 11.1 Å². The lowest BCUT2D eigenvalue weighted by atomic mass is 10.3. The van der Waals surface area contributed by atoms with E-state index in [0.717, 1.165) is 0 Å². The normalized spacial score (nSPS) is 13.7. The second-order valence-electron chi connectivity index (χ2n) is 5.71. The molecule has 1 aliphatic heterocycles. The van der Waals surface area contributed by atoms with E-state index in [9.17, 15) is 13.2 Å². The van der Waals surface area contributed by atoms with Crippen LogP contribution in [0.5, 0.6) is 11.5 Å². The molecule has 8 nitrogen and oxygen atoms in total. The molecule has 26 heavy (non-hydrogen) atoms. The van der Waals surface area contributed by atoms with Crippen molar-refractivity contribution in [1.29, 1.82) is 0 Å². The van der Waals surface area contributed by atoms with Gasteiger partial charge in [0.2, 0.25) is 0 Å². The lowest BCUT2D eigenvalue weighted by Gasteiger charge is -2.19. The summed E-state index contributed by atoms with van der Waals surface area (Å²) in [5.41, 5.74) is 1.12. The molecule has 9 heteroatoms. The second kappa shape index (κ2) is 6.10. The van der Waals surface area contributed by atoms with Crippen molar-refractivity contribution in [1.82, 2.24) is 4.57 Å². The molecule has 0 atom stereocenters. The molecule has 0 saturated heterocycles. The number of nitrogens with one attached hydrogen (secondary N) is 1. The average molecular weight is 376 g/mol. The van der Waals surface area contributed by atoms with Crippen LogP contribution in [0.2, 0.25) is 0 Å². The number of hydrogen-bond acceptors (Lipinski definition) is 6. The number of ether oxygens (including phenoxy) is 2. The molecule has 2 heterocycles. The number of aromatic nitrogens is 1. The molecule has 0 fully saturated rings. The summed E-state index contributed by atoms with van der Waals surface area (Å²) in [5.74, 6) is 0.540. The van der Waals surface area contributed by atoms with Crippen molar-refractivity contribution in [2.24, 2.45) is 0 Å². The first-order valence-corrected chi connectivity index (χ1v) is 9.52. The smallest absolute Gasteiger partial charge is 0.419 e. The fourth-order valence-corrected chi connectivity index (χ4v) is 3.90. The highest BCUT2D eigenvalue weighted by atomic mass is 32.2. The Morgan fingerprint density at radius 3 is 2.62 bits per heavy atom. The number of sulfonamides is 1. The summed E-state index contributed by atoms with van der Waals surface area (Å²) in [7, 11) is -3.86. The van der Waals surface area contributed by atoms with E-state index >= 15 is 0 Å². The van der Waals surface area contributed by atoms with Gasteiger partial charge in [0.1, 0.15) is 13.2 Å². The summed E-state index contributed by atoms with van der Waals surface area (Å²) >= 11 is 0. The zero-order valence-corrected chi connectivity index (χ0v) is 14.7. The van der Waals surface area contributed by atoms with Crippen molar-refractivity contribution < 1.29 is 22.3 Å². The Kier molecular flexibility index (Phi) is 3.87. The minimum absolute atomic E-state index is 0.00288. The quantitative estimate of drug-likeness (QED) is 0.749. The number of anilines is 1. The van der Waals surface area contributed by atoms with E-state index in [1.54, 1.807) is 24.3 Å². The number of nitrogens with zero attached hydrogens (tertiary/aromatic N) is 1. The molecule has 0 amide bonds. The summed E-state index contributed by atoms with van der Waals surface area (Å²) in [6.07, 6.45) is 0. The topological polar surface area (TPSA) is 99.8 Å². The Morgan fingerprint density at radius 1 is 1.08 bits per heavy atom. The molecular formula is C17H16N2O6S. The lowest BCUT2D eigenvalue weighted by Crippen LogP contribution is -2.16. The summed E-state index contributed by atoms with van der Waals surface area (Å²) in [6, 6.07) is 9.14. The third-order valence-electron chi connectivity index (χ3n) is 4.06. The van der Waals surface area contributed by atoms with Crippen molar-refractivity contribution in [3.8, 4) is 11.5 Å². The van der Waals surface area contributed by atoms with Crippen LogP contribution in [0.4, 0.5) is 5.69 Å². The van der Waals surface area contributed by atoms with Crippen molar-refractivity contribution >= 4 is 26.8 Å². The molecule has 136 valence electrons. The van der Waals surface area contributed by atoms with Crippen LogP contribution in [0.3, 0.4) is 0 Å². The fraction of sp³-hybridized carbons (Fsp3) is 0.235. The zero-order valence-electron chi connectivity index (χ0n) is 13.9. The van der Waals surface area contributed by atoms with Gasteiger partial charge in [0.05, 0.1) is 16.1 Å². The minimum atomic E-state index is -3.86. The van der Waals surface area contributed by atoms with Crippen LogP contribution in [0.1, 0.15) is 6.92 Å². The summed E-state index contributed by atoms with van der Waals surface area (Å²) in [4.78, 5) is 11.8. The average Bonchev–Trinajstić information content (AvgIpc) is 2.95. The van der Waals surface area contributed by atoms with Gasteiger partial charge in [-0.1, -0.05) is 0 Å². The van der Waals surface area contributed by atoms with E-state index < -0.39 is 15.8 Å². The number of hydrogen-bond donors (Lipinski definition) is 1. The molecule has 0 unspecified atom stereocenters. The van der Waals surface area contributed by atoms with E-state index in [0.29, 0.717) is 42.5 Å². The van der Waals surface area contributed by atoms with Crippen LogP contribution in [-0.2, 0) is 16.6 Å². The number of benzene rings is 2. The summed E-state index contributed by atoms with van der Waals surface area (Å²) in [5, 5.41) is 0. The van der Waals surface area contributed by atoms with Gasteiger partial charge in [-0.15, -0.1) is 0 Å². The highest BCUT2D eigenvalue weighted by Crippen LogP contribution is 2.33. The third kappa shape index (κ3) is 2.80. The van der Waals surface area contributed by atoms with E-state index in [4.69, 9.17) is 13.9 Å². The predicted octanol–water partition coefficient (Wildman–Crippen LogP) is 2.19. The van der Waals surface area contributed by atoms with Gasteiger partial charge in [0.25, 0.3) is 10.0 Å². The summed E-state index contributed by atoms with van der Waals surface area (Å²) < 4.78 is 45.3. The highest BCUT2D eigenvalue weighted by Gasteiger charge is 2.19. The number of rotatable bonds is 4. The molecule has 1 aliphatic rings. The van der Waals surface area contributed by atoms with E-state index in [2.05, 4.69) is 4.72 Å². The molecule has 0 aliphatic carbocycles. The van der Waals surface area contributed by atoms with Gasteiger partial charge in [0.15, 0.2) is 17.1 Å². The lowest BCUT2D eigenvalue weighted by molar-refractivity contribution is 0.171. The predicted molar refractivity (Wildman–Crippen MR) is 94.4 cm³/mol. The first-order valence-electron chi connectivity index (χ1n) is 8.04. The molecule has 0 saturated carbocycles. The van der Waals surface area contributed by atoms with Crippen molar-refractivity contribution in [3.05, 3.63) is 46.9 Å². The Hall–Kier alpha value is -2.94. The Labute approximate surface area is 149 Å². The molecule has 0 spiro atoms. The molecule has 0 radical (unpaired) electrons. The number of aryl methyl sites for hydroxylation is 1. The molecule has 1 N–H and O–H groups in total. The monoisotopic (exact) mass is 376 g/mol. The SMILES string of the molecule is CCn1c(=O)oc2cc(S(=O)(=O)Nc3ccc4c(c3)OCCO4)ccc21. The van der Waals surface area contributed by atoms with Crippen LogP contribution >= 0.6 is 0 Å². The van der Waals surface area contributed by atoms with Crippen LogP contribution in [0, 0.1) is 0 Å². The van der Waals surface area contributed by atoms with E-state index in [-0.39, 0.29) is 10.5 Å². The minimum Gasteiger partial charge on any atom is -0.486 e. The third-order valence-corrected chi connectivity index (χ3v) is 5.44. The molecule has 3 aromatic rings. The van der Waals surface area contributed by atoms with Crippen molar-refractivity contribution in [3.63, 3.8) is 0 Å². The van der Waals surface area contributed by atoms with Gasteiger partial charge in [-0.3, -0.25) is 9.29 Å². The summed E-state index contributed by atoms with van der Waals surface area (Å²) in [6.45, 7) is 3.12. The van der Waals surface area contributed by atoms with Gasteiger partial charge in [0, 0.05) is 18.7 Å². The largest absolute Gasteiger partial charge is 0.486 e. The van der Waals surface area contributed by atoms with Crippen LogP contribution < -0.4 is 20.0 Å². The van der Waals surface area contributed by atoms with Crippen molar-refractivity contribution in [2.75, 3.05) is 17.9 Å². The van der Waals surface area contributed by atoms with Gasteiger partial charge in [-0.05, 0) is 31.2 Å². The molecule has 2 aromatic carbocycles. The Morgan fingerprint density at radius 2 is 1.85 bits per heavy atom. The fourth-order valence-electron chi connectivity index (χ4n) is 2.83. The standard InChI is InChI=1S/C17H16N2O6S/c1-2-19-13-5-4-12(10-15(13)25-17(19)20)26(21,22)18-11-3-6-14-16(9-11)24-8-7-23-14/h3-6,9-10,18H,2,7-8H2,1H3. The van der Waals surface area contributed by atoms with Crippen LogP contribution in [0.15, 0.2) is 50.5 Å². The van der Waals surface area contributed by atoms with Gasteiger partial charge >= 0.3 is 5.76 Å². The molecular weight excluding hydrogens is 360 g/mol. The van der Waals surface area contributed by atoms with Gasteiger partial charge in [-0.2, -0.15) is 0 Å². The first-order chi connectivity index (χ1) is 12.5. The Balaban J connectivity index is 1.68. The maximum absolute atomic E-state index is 12.7. The first kappa shape index (κ1) is 16.5. The number of fused-ring (bicyclic) bond motifs is 2. The highest BCUT2D eigenvalue weighted by molar-refractivity contribution is 7.92. The molecule has 4 rings (SSSR count). The van der Waals surface area contributed by atoms with Crippen molar-refractivity contribution in [2.45, 2.75) is 18.4 Å².